The molecule has 2 aromatic carbocycles. The van der Waals surface area contributed by atoms with Gasteiger partial charge in [0.25, 0.3) is 0 Å². The Balaban J connectivity index is 1.74. The molecular weight excluding hydrogens is 282 g/mol. The molecule has 2 nitrogen and oxygen atoms in total. The molecule has 0 bridgehead atoms. The second kappa shape index (κ2) is 8.18. The first kappa shape index (κ1) is 16.0. The number of aliphatic hydroxyl groups excluding tert-OH is 1. The number of nitrogens with zero attached hydrogens (tertiary/aromatic N) is 1. The molecule has 0 spiro atoms. The quantitative estimate of drug-likeness (QED) is 0.837. The Hall–Kier alpha value is -1.35. The first-order valence-electron chi connectivity index (χ1n) is 7.31. The Morgan fingerprint density at radius 3 is 2.52 bits per heavy atom. The lowest BCUT2D eigenvalue weighted by molar-refractivity contribution is 0.149. The molecule has 112 valence electrons. The molecule has 1 unspecified atom stereocenters. The monoisotopic (exact) mass is 303 g/mol. The van der Waals surface area contributed by atoms with E-state index in [4.69, 9.17) is 11.6 Å². The van der Waals surface area contributed by atoms with E-state index in [1.807, 2.05) is 30.3 Å². The van der Waals surface area contributed by atoms with Gasteiger partial charge >= 0.3 is 0 Å². The summed E-state index contributed by atoms with van der Waals surface area (Å²) >= 11 is 5.95. The van der Waals surface area contributed by atoms with E-state index in [1.165, 1.54) is 5.56 Å². The Morgan fingerprint density at radius 2 is 1.81 bits per heavy atom. The van der Waals surface area contributed by atoms with Crippen molar-refractivity contribution in [2.75, 3.05) is 20.1 Å². The molecule has 0 heterocycles. The number of likely N-dealkylation sites (N-methyl/N-ethyl adjacent to an activating group) is 1. The second-order valence-corrected chi connectivity index (χ2v) is 5.83. The van der Waals surface area contributed by atoms with Gasteiger partial charge in [0.15, 0.2) is 0 Å². The number of aliphatic hydroxyl groups is 1. The molecular formula is C18H22ClNO. The fourth-order valence-corrected chi connectivity index (χ4v) is 2.50. The summed E-state index contributed by atoms with van der Waals surface area (Å²) in [5, 5.41) is 10.9. The van der Waals surface area contributed by atoms with Crippen LogP contribution >= 0.6 is 11.6 Å². The highest BCUT2D eigenvalue weighted by Crippen LogP contribution is 2.20. The Bertz CT molecular complexity index is 544. The third-order valence-electron chi connectivity index (χ3n) is 3.64. The number of halogens is 1. The molecule has 0 amide bonds. The minimum Gasteiger partial charge on any atom is -0.388 e. The molecule has 1 atom stereocenters. The average Bonchev–Trinajstić information content (AvgIpc) is 2.51. The summed E-state index contributed by atoms with van der Waals surface area (Å²) in [6, 6.07) is 17.9. The largest absolute Gasteiger partial charge is 0.388 e. The van der Waals surface area contributed by atoms with E-state index < -0.39 is 6.10 Å². The van der Waals surface area contributed by atoms with E-state index in [0.717, 1.165) is 25.1 Å². The molecule has 0 radical (unpaired) electrons. The van der Waals surface area contributed by atoms with E-state index in [-0.39, 0.29) is 0 Å². The fourth-order valence-electron chi connectivity index (χ4n) is 2.30. The molecule has 3 heteroatoms. The van der Waals surface area contributed by atoms with Gasteiger partial charge in [-0.2, -0.15) is 0 Å². The summed E-state index contributed by atoms with van der Waals surface area (Å²) in [7, 11) is 2.09. The van der Waals surface area contributed by atoms with Gasteiger partial charge in [0.2, 0.25) is 0 Å². The van der Waals surface area contributed by atoms with E-state index in [0.29, 0.717) is 11.4 Å². The molecule has 0 aliphatic rings. The van der Waals surface area contributed by atoms with Crippen molar-refractivity contribution in [1.82, 2.24) is 4.90 Å². The molecule has 0 fully saturated rings. The molecule has 0 aliphatic carbocycles. The second-order valence-electron chi connectivity index (χ2n) is 5.40. The SMILES string of the molecule is CN(CCc1ccccc1)CCC(O)c1cccc(Cl)c1. The third kappa shape index (κ3) is 5.50. The third-order valence-corrected chi connectivity index (χ3v) is 3.88. The number of hydrogen-bond acceptors (Lipinski definition) is 2. The van der Waals surface area contributed by atoms with Crippen molar-refractivity contribution in [2.24, 2.45) is 0 Å². The minimum absolute atomic E-state index is 0.456. The van der Waals surface area contributed by atoms with E-state index in [1.54, 1.807) is 0 Å². The zero-order chi connectivity index (χ0) is 15.1. The molecule has 0 aliphatic heterocycles. The van der Waals surface area contributed by atoms with Crippen molar-refractivity contribution in [3.8, 4) is 0 Å². The van der Waals surface area contributed by atoms with Crippen LogP contribution in [0.4, 0.5) is 0 Å². The van der Waals surface area contributed by atoms with Gasteiger partial charge < -0.3 is 10.0 Å². The highest BCUT2D eigenvalue weighted by molar-refractivity contribution is 6.30. The Kier molecular flexibility index (Phi) is 6.24. The van der Waals surface area contributed by atoms with Crippen LogP contribution in [0.3, 0.4) is 0 Å². The lowest BCUT2D eigenvalue weighted by Gasteiger charge is -2.19. The zero-order valence-electron chi connectivity index (χ0n) is 12.4. The highest BCUT2D eigenvalue weighted by Gasteiger charge is 2.09. The lowest BCUT2D eigenvalue weighted by Crippen LogP contribution is -2.23. The molecule has 0 saturated carbocycles. The van der Waals surface area contributed by atoms with Crippen molar-refractivity contribution in [3.05, 3.63) is 70.7 Å². The van der Waals surface area contributed by atoms with Gasteiger partial charge in [-0.1, -0.05) is 54.1 Å². The maximum Gasteiger partial charge on any atom is 0.0802 e. The van der Waals surface area contributed by atoms with Crippen LogP contribution in [-0.2, 0) is 6.42 Å². The van der Waals surface area contributed by atoms with Crippen molar-refractivity contribution >= 4 is 11.6 Å². The van der Waals surface area contributed by atoms with Crippen LogP contribution in [0.5, 0.6) is 0 Å². The van der Waals surface area contributed by atoms with Crippen LogP contribution in [0.2, 0.25) is 5.02 Å². The maximum atomic E-state index is 10.2. The average molecular weight is 304 g/mol. The van der Waals surface area contributed by atoms with Gasteiger partial charge in [0.1, 0.15) is 0 Å². The van der Waals surface area contributed by atoms with Crippen LogP contribution in [0.15, 0.2) is 54.6 Å². The van der Waals surface area contributed by atoms with E-state index in [2.05, 4.69) is 36.2 Å². The molecule has 2 aromatic rings. The molecule has 0 saturated heterocycles. The predicted molar refractivity (Wildman–Crippen MR) is 88.7 cm³/mol. The highest BCUT2D eigenvalue weighted by atomic mass is 35.5. The summed E-state index contributed by atoms with van der Waals surface area (Å²) in [5.74, 6) is 0. The molecule has 21 heavy (non-hydrogen) atoms. The summed E-state index contributed by atoms with van der Waals surface area (Å²) in [4.78, 5) is 2.25. The lowest BCUT2D eigenvalue weighted by atomic mass is 10.1. The molecule has 1 N–H and O–H groups in total. The van der Waals surface area contributed by atoms with Gasteiger partial charge in [-0.3, -0.25) is 0 Å². The van der Waals surface area contributed by atoms with Crippen LogP contribution in [-0.4, -0.2) is 30.1 Å². The van der Waals surface area contributed by atoms with Gasteiger partial charge in [-0.25, -0.2) is 0 Å². The van der Waals surface area contributed by atoms with Crippen molar-refractivity contribution in [1.29, 1.82) is 0 Å². The fraction of sp³-hybridized carbons (Fsp3) is 0.333. The molecule has 0 aromatic heterocycles. The Labute approximate surface area is 132 Å². The van der Waals surface area contributed by atoms with E-state index in [9.17, 15) is 5.11 Å². The maximum absolute atomic E-state index is 10.2. The van der Waals surface area contributed by atoms with Crippen LogP contribution in [0.25, 0.3) is 0 Å². The van der Waals surface area contributed by atoms with Gasteiger partial charge in [-0.05, 0) is 43.1 Å². The number of rotatable bonds is 7. The molecule has 2 rings (SSSR count). The van der Waals surface area contributed by atoms with Crippen LogP contribution in [0, 0.1) is 0 Å². The Morgan fingerprint density at radius 1 is 1.05 bits per heavy atom. The standard InChI is InChI=1S/C18H22ClNO/c1-20(12-10-15-6-3-2-4-7-15)13-11-18(21)16-8-5-9-17(19)14-16/h2-9,14,18,21H,10-13H2,1H3. The number of benzene rings is 2. The van der Waals surface area contributed by atoms with Crippen molar-refractivity contribution < 1.29 is 5.11 Å². The summed E-state index contributed by atoms with van der Waals surface area (Å²) in [6.45, 7) is 1.85. The predicted octanol–water partition coefficient (Wildman–Crippen LogP) is 3.94. The van der Waals surface area contributed by atoms with E-state index >= 15 is 0 Å². The topological polar surface area (TPSA) is 23.5 Å². The first-order chi connectivity index (χ1) is 10.1. The minimum atomic E-state index is -0.456. The van der Waals surface area contributed by atoms with Gasteiger partial charge in [-0.15, -0.1) is 0 Å². The van der Waals surface area contributed by atoms with Gasteiger partial charge in [0.05, 0.1) is 6.10 Å². The normalized spacial score (nSPS) is 12.6. The number of hydrogen-bond donors (Lipinski definition) is 1. The smallest absolute Gasteiger partial charge is 0.0802 e. The van der Waals surface area contributed by atoms with Crippen molar-refractivity contribution in [2.45, 2.75) is 18.9 Å². The summed E-state index contributed by atoms with van der Waals surface area (Å²) in [6.07, 6.45) is 1.29. The zero-order valence-corrected chi connectivity index (χ0v) is 13.1. The summed E-state index contributed by atoms with van der Waals surface area (Å²) in [5.41, 5.74) is 2.23. The van der Waals surface area contributed by atoms with Crippen LogP contribution < -0.4 is 0 Å². The summed E-state index contributed by atoms with van der Waals surface area (Å²) < 4.78 is 0. The van der Waals surface area contributed by atoms with Crippen LogP contribution in [0.1, 0.15) is 23.7 Å². The first-order valence-corrected chi connectivity index (χ1v) is 7.69. The van der Waals surface area contributed by atoms with Crippen molar-refractivity contribution in [3.63, 3.8) is 0 Å². The van der Waals surface area contributed by atoms with Gasteiger partial charge in [0, 0.05) is 18.1 Å².